The Morgan fingerprint density at radius 1 is 1.15 bits per heavy atom. The van der Waals surface area contributed by atoms with Crippen molar-refractivity contribution in [3.8, 4) is 5.75 Å². The average Bonchev–Trinajstić information content (AvgIpc) is 2.56. The molecule has 0 saturated heterocycles. The Morgan fingerprint density at radius 3 is 2.31 bits per heavy atom. The number of carbonyl (C=O) groups excluding carboxylic acids is 3. The van der Waals surface area contributed by atoms with Crippen molar-refractivity contribution in [3.05, 3.63) is 29.8 Å². The van der Waals surface area contributed by atoms with E-state index in [1.807, 2.05) is 6.92 Å². The van der Waals surface area contributed by atoms with Crippen molar-refractivity contribution in [2.24, 2.45) is 0 Å². The van der Waals surface area contributed by atoms with Crippen molar-refractivity contribution in [2.75, 3.05) is 13.2 Å². The third-order valence-corrected chi connectivity index (χ3v) is 2.98. The van der Waals surface area contributed by atoms with Crippen molar-refractivity contribution in [1.29, 1.82) is 0 Å². The third-order valence-electron chi connectivity index (χ3n) is 2.98. The Kier molecular flexibility index (Phi) is 7.88. The van der Waals surface area contributed by atoms with Gasteiger partial charge in [0.05, 0.1) is 5.56 Å². The Bertz CT molecular complexity index is 632. The number of hydrogen-bond acceptors (Lipinski definition) is 5. The molecule has 0 spiro atoms. The Labute approximate surface area is 147 Å². The zero-order valence-corrected chi connectivity index (χ0v) is 14.2. The van der Waals surface area contributed by atoms with Gasteiger partial charge in [-0.1, -0.05) is 6.92 Å². The molecule has 0 aliphatic carbocycles. The number of benzene rings is 1. The molecule has 2 amide bonds. The molecule has 26 heavy (non-hydrogen) atoms. The lowest BCUT2D eigenvalue weighted by molar-refractivity contribution is -0.274. The second-order valence-corrected chi connectivity index (χ2v) is 5.23. The highest BCUT2D eigenvalue weighted by atomic mass is 19.4. The van der Waals surface area contributed by atoms with Crippen LogP contribution in [0.3, 0.4) is 0 Å². The number of hydrogen-bond donors (Lipinski definition) is 2. The number of ether oxygens (including phenoxy) is 2. The molecule has 0 bridgehead atoms. The van der Waals surface area contributed by atoms with Crippen molar-refractivity contribution >= 4 is 17.8 Å². The second kappa shape index (κ2) is 9.64. The van der Waals surface area contributed by atoms with Gasteiger partial charge in [0.25, 0.3) is 5.91 Å². The molecule has 1 aromatic rings. The van der Waals surface area contributed by atoms with Crippen molar-refractivity contribution in [2.45, 2.75) is 32.7 Å². The molecule has 1 atom stereocenters. The Hall–Kier alpha value is -2.78. The maximum atomic E-state index is 12.1. The molecule has 0 aliphatic rings. The first-order chi connectivity index (χ1) is 12.1. The normalized spacial score (nSPS) is 12.0. The summed E-state index contributed by atoms with van der Waals surface area (Å²) in [5.74, 6) is -2.44. The zero-order valence-electron chi connectivity index (χ0n) is 14.2. The lowest BCUT2D eigenvalue weighted by Crippen LogP contribution is -2.46. The molecule has 0 saturated carbocycles. The van der Waals surface area contributed by atoms with Crippen LogP contribution in [-0.4, -0.2) is 43.3 Å². The molecule has 2 N–H and O–H groups in total. The summed E-state index contributed by atoms with van der Waals surface area (Å²) in [6.45, 7) is 3.20. The van der Waals surface area contributed by atoms with Crippen LogP contribution in [0.15, 0.2) is 24.3 Å². The van der Waals surface area contributed by atoms with E-state index in [2.05, 4.69) is 15.4 Å². The van der Waals surface area contributed by atoms with Gasteiger partial charge in [-0.15, -0.1) is 13.2 Å². The number of alkyl halides is 3. The maximum absolute atomic E-state index is 12.1. The van der Waals surface area contributed by atoms with Crippen LogP contribution in [0.2, 0.25) is 0 Å². The molecule has 0 radical (unpaired) electrons. The quantitative estimate of drug-likeness (QED) is 0.675. The molecular weight excluding hydrogens is 357 g/mol. The minimum Gasteiger partial charge on any atom is -0.452 e. The Morgan fingerprint density at radius 2 is 1.77 bits per heavy atom. The molecule has 7 nitrogen and oxygen atoms in total. The minimum atomic E-state index is -4.83. The average molecular weight is 376 g/mol. The summed E-state index contributed by atoms with van der Waals surface area (Å²) < 4.78 is 44.6. The number of esters is 1. The van der Waals surface area contributed by atoms with Crippen LogP contribution in [0.25, 0.3) is 0 Å². The fraction of sp³-hybridized carbons (Fsp3) is 0.438. The standard InChI is InChI=1S/C16H19F3N2O5/c1-3-8-20-14(23)10(2)21-13(22)9-25-15(24)11-4-6-12(7-5-11)26-16(17,18)19/h4-7,10H,3,8-9H2,1-2H3,(H,20,23)(H,21,22)/t10-/m1/s1. The van der Waals surface area contributed by atoms with Crippen LogP contribution >= 0.6 is 0 Å². The highest BCUT2D eigenvalue weighted by Gasteiger charge is 2.31. The van der Waals surface area contributed by atoms with Crippen LogP contribution in [-0.2, 0) is 14.3 Å². The molecule has 0 unspecified atom stereocenters. The topological polar surface area (TPSA) is 93.7 Å². The number of rotatable bonds is 8. The van der Waals surface area contributed by atoms with E-state index < -0.39 is 36.6 Å². The van der Waals surface area contributed by atoms with E-state index in [4.69, 9.17) is 4.74 Å². The lowest BCUT2D eigenvalue weighted by Gasteiger charge is -2.14. The van der Waals surface area contributed by atoms with E-state index in [1.165, 1.54) is 6.92 Å². The summed E-state index contributed by atoms with van der Waals surface area (Å²) in [7, 11) is 0. The molecule has 0 aromatic heterocycles. The number of halogens is 3. The molecule has 0 fully saturated rings. The minimum absolute atomic E-state index is 0.0546. The molecule has 1 rings (SSSR count). The van der Waals surface area contributed by atoms with E-state index in [-0.39, 0.29) is 11.5 Å². The maximum Gasteiger partial charge on any atom is 0.573 e. The number of amides is 2. The van der Waals surface area contributed by atoms with Gasteiger partial charge < -0.3 is 20.1 Å². The van der Waals surface area contributed by atoms with Gasteiger partial charge >= 0.3 is 12.3 Å². The molecular formula is C16H19F3N2O5. The van der Waals surface area contributed by atoms with Crippen LogP contribution in [0, 0.1) is 0 Å². The SMILES string of the molecule is CCCNC(=O)[C@@H](C)NC(=O)COC(=O)c1ccc(OC(F)(F)F)cc1. The van der Waals surface area contributed by atoms with Crippen LogP contribution in [0.5, 0.6) is 5.75 Å². The van der Waals surface area contributed by atoms with Gasteiger partial charge in [0.15, 0.2) is 6.61 Å². The highest BCUT2D eigenvalue weighted by molar-refractivity contribution is 5.92. The first-order valence-electron chi connectivity index (χ1n) is 7.72. The molecule has 1 aromatic carbocycles. The predicted molar refractivity (Wildman–Crippen MR) is 84.3 cm³/mol. The van der Waals surface area contributed by atoms with Gasteiger partial charge in [0.1, 0.15) is 11.8 Å². The monoisotopic (exact) mass is 376 g/mol. The highest BCUT2D eigenvalue weighted by Crippen LogP contribution is 2.22. The molecule has 0 aliphatic heterocycles. The van der Waals surface area contributed by atoms with E-state index in [9.17, 15) is 27.6 Å². The van der Waals surface area contributed by atoms with Crippen LogP contribution in [0.4, 0.5) is 13.2 Å². The fourth-order valence-electron chi connectivity index (χ4n) is 1.76. The summed E-state index contributed by atoms with van der Waals surface area (Å²) >= 11 is 0. The Balaban J connectivity index is 2.45. The van der Waals surface area contributed by atoms with Gasteiger partial charge in [0.2, 0.25) is 5.91 Å². The van der Waals surface area contributed by atoms with Gasteiger partial charge in [-0.05, 0) is 37.6 Å². The first kappa shape index (κ1) is 21.3. The second-order valence-electron chi connectivity index (χ2n) is 5.23. The first-order valence-corrected chi connectivity index (χ1v) is 7.72. The smallest absolute Gasteiger partial charge is 0.452 e. The lowest BCUT2D eigenvalue weighted by atomic mass is 10.2. The van der Waals surface area contributed by atoms with Gasteiger partial charge in [-0.25, -0.2) is 4.79 Å². The summed E-state index contributed by atoms with van der Waals surface area (Å²) in [4.78, 5) is 35.0. The molecule has 0 heterocycles. The predicted octanol–water partition coefficient (Wildman–Crippen LogP) is 1.77. The molecule has 10 heteroatoms. The van der Waals surface area contributed by atoms with Crippen molar-refractivity contribution < 1.29 is 37.0 Å². The number of carbonyl (C=O) groups is 3. The van der Waals surface area contributed by atoms with E-state index >= 15 is 0 Å². The van der Waals surface area contributed by atoms with Gasteiger partial charge in [-0.2, -0.15) is 0 Å². The summed E-state index contributed by atoms with van der Waals surface area (Å²) in [6.07, 6.45) is -4.09. The summed E-state index contributed by atoms with van der Waals surface area (Å²) in [5, 5.41) is 4.95. The fourth-order valence-corrected chi connectivity index (χ4v) is 1.76. The summed E-state index contributed by atoms with van der Waals surface area (Å²) in [6, 6.07) is 3.24. The number of nitrogens with one attached hydrogen (secondary N) is 2. The van der Waals surface area contributed by atoms with Crippen molar-refractivity contribution in [1.82, 2.24) is 10.6 Å². The van der Waals surface area contributed by atoms with Crippen LogP contribution < -0.4 is 15.4 Å². The van der Waals surface area contributed by atoms with Crippen molar-refractivity contribution in [3.63, 3.8) is 0 Å². The zero-order chi connectivity index (χ0) is 19.7. The van der Waals surface area contributed by atoms with Gasteiger partial charge in [-0.3, -0.25) is 9.59 Å². The third kappa shape index (κ3) is 7.86. The van der Waals surface area contributed by atoms with E-state index in [0.29, 0.717) is 6.54 Å². The van der Waals surface area contributed by atoms with E-state index in [1.54, 1.807) is 0 Å². The van der Waals surface area contributed by atoms with E-state index in [0.717, 1.165) is 30.7 Å². The van der Waals surface area contributed by atoms with Crippen LogP contribution in [0.1, 0.15) is 30.6 Å². The largest absolute Gasteiger partial charge is 0.573 e. The summed E-state index contributed by atoms with van der Waals surface area (Å²) in [5.41, 5.74) is -0.0546. The van der Waals surface area contributed by atoms with Gasteiger partial charge in [0, 0.05) is 6.54 Å². The molecule has 144 valence electrons.